The van der Waals surface area contributed by atoms with Crippen LogP contribution in [0.3, 0.4) is 0 Å². The molecule has 1 aromatic rings. The summed E-state index contributed by atoms with van der Waals surface area (Å²) in [5.74, 6) is 3.74. The Bertz CT molecular complexity index is 994. The maximum absolute atomic E-state index is 13.7. The van der Waals surface area contributed by atoms with Gasteiger partial charge in [0.15, 0.2) is 0 Å². The van der Waals surface area contributed by atoms with Crippen molar-refractivity contribution in [1.82, 2.24) is 15.5 Å². The average molecular weight is 521 g/mol. The number of carbonyl (C=O) groups excluding carboxylic acids is 3. The monoisotopic (exact) mass is 520 g/mol. The SMILES string of the molecule is C=C(ON)[C@H](CC(F)F)NC(=O)[C@@H]1CCCN1C(=O)C(NC(=O)OCc1ccccc1)=C1CCCCC1. The molecule has 1 heterocycles. The molecule has 0 aromatic heterocycles. The Kier molecular flexibility index (Phi) is 10.4. The number of rotatable bonds is 10. The molecule has 3 rings (SSSR count). The molecule has 9 nitrogen and oxygen atoms in total. The molecule has 1 aliphatic heterocycles. The Morgan fingerprint density at radius 3 is 2.46 bits per heavy atom. The van der Waals surface area contributed by atoms with E-state index in [2.05, 4.69) is 22.1 Å². The third-order valence-electron chi connectivity index (χ3n) is 6.55. The summed E-state index contributed by atoms with van der Waals surface area (Å²) < 4.78 is 31.3. The molecule has 1 saturated carbocycles. The minimum atomic E-state index is -2.73. The summed E-state index contributed by atoms with van der Waals surface area (Å²) in [7, 11) is 0. The molecule has 3 amide bonds. The van der Waals surface area contributed by atoms with E-state index in [9.17, 15) is 23.2 Å². The lowest BCUT2D eigenvalue weighted by Crippen LogP contribution is -2.51. The third kappa shape index (κ3) is 8.01. The summed E-state index contributed by atoms with van der Waals surface area (Å²) in [5, 5.41) is 5.11. The molecule has 2 fully saturated rings. The van der Waals surface area contributed by atoms with Gasteiger partial charge >= 0.3 is 6.09 Å². The van der Waals surface area contributed by atoms with E-state index in [1.807, 2.05) is 30.3 Å². The van der Waals surface area contributed by atoms with Crippen LogP contribution < -0.4 is 16.5 Å². The number of benzene rings is 1. The molecule has 0 spiro atoms. The molecule has 1 aliphatic carbocycles. The second-order valence-corrected chi connectivity index (χ2v) is 9.15. The number of amides is 3. The third-order valence-corrected chi connectivity index (χ3v) is 6.55. The summed E-state index contributed by atoms with van der Waals surface area (Å²) >= 11 is 0. The van der Waals surface area contributed by atoms with Crippen molar-refractivity contribution in [3.05, 3.63) is 59.5 Å². The van der Waals surface area contributed by atoms with Crippen LogP contribution in [0.25, 0.3) is 0 Å². The molecular weight excluding hydrogens is 486 g/mol. The molecule has 11 heteroatoms. The normalized spacial score (nSPS) is 18.2. The van der Waals surface area contributed by atoms with E-state index in [4.69, 9.17) is 10.6 Å². The average Bonchev–Trinajstić information content (AvgIpc) is 3.40. The first-order chi connectivity index (χ1) is 17.8. The van der Waals surface area contributed by atoms with Crippen LogP contribution in [0.4, 0.5) is 13.6 Å². The first-order valence-corrected chi connectivity index (χ1v) is 12.4. The van der Waals surface area contributed by atoms with Crippen molar-refractivity contribution in [3.8, 4) is 0 Å². The van der Waals surface area contributed by atoms with E-state index < -0.39 is 42.8 Å². The number of hydrogen-bond donors (Lipinski definition) is 3. The van der Waals surface area contributed by atoms with Gasteiger partial charge in [0.1, 0.15) is 24.1 Å². The summed E-state index contributed by atoms with van der Waals surface area (Å²) in [4.78, 5) is 45.2. The zero-order valence-corrected chi connectivity index (χ0v) is 20.7. The second kappa shape index (κ2) is 13.7. The summed E-state index contributed by atoms with van der Waals surface area (Å²) in [6.07, 6.45) is 0.744. The zero-order chi connectivity index (χ0) is 26.8. The first kappa shape index (κ1) is 28.1. The second-order valence-electron chi connectivity index (χ2n) is 9.15. The van der Waals surface area contributed by atoms with Crippen LogP contribution in [-0.4, -0.2) is 47.9 Å². The number of alkyl halides is 2. The largest absolute Gasteiger partial charge is 0.444 e. The van der Waals surface area contributed by atoms with Crippen LogP contribution in [0, 0.1) is 0 Å². The van der Waals surface area contributed by atoms with Crippen molar-refractivity contribution in [2.75, 3.05) is 6.54 Å². The summed E-state index contributed by atoms with van der Waals surface area (Å²) in [6, 6.07) is 7.03. The van der Waals surface area contributed by atoms with E-state index in [1.54, 1.807) is 0 Å². The number of hydrogen-bond acceptors (Lipinski definition) is 6. The van der Waals surface area contributed by atoms with Gasteiger partial charge in [0.05, 0.1) is 6.04 Å². The van der Waals surface area contributed by atoms with E-state index in [0.29, 0.717) is 25.7 Å². The van der Waals surface area contributed by atoms with Crippen LogP contribution >= 0.6 is 0 Å². The number of nitrogens with zero attached hydrogens (tertiary/aromatic N) is 1. The molecule has 0 bridgehead atoms. The number of halogens is 2. The van der Waals surface area contributed by atoms with E-state index >= 15 is 0 Å². The highest BCUT2D eigenvalue weighted by Gasteiger charge is 2.38. The maximum atomic E-state index is 13.7. The van der Waals surface area contributed by atoms with Crippen LogP contribution in [0.15, 0.2) is 53.9 Å². The smallest absolute Gasteiger partial charge is 0.412 e. The van der Waals surface area contributed by atoms with Gasteiger partial charge in [-0.1, -0.05) is 43.3 Å². The standard InChI is InChI=1S/C26H34F2N4O5/c1-17(37-29)20(15-22(27)28)30-24(33)21-13-8-14-32(21)25(34)23(19-11-6-3-7-12-19)31-26(35)36-16-18-9-4-2-5-10-18/h2,4-5,9-10,20-22H,1,3,6-8,11-16,29H2,(H,30,33)(H,31,35)/t20-,21-/m0/s1. The lowest BCUT2D eigenvalue weighted by molar-refractivity contribution is -0.136. The number of carbonyl (C=O) groups is 3. The zero-order valence-electron chi connectivity index (χ0n) is 20.7. The van der Waals surface area contributed by atoms with Crippen molar-refractivity contribution >= 4 is 17.9 Å². The first-order valence-electron chi connectivity index (χ1n) is 12.4. The van der Waals surface area contributed by atoms with E-state index in [0.717, 1.165) is 30.4 Å². The summed E-state index contributed by atoms with van der Waals surface area (Å²) in [5.41, 5.74) is 1.73. The van der Waals surface area contributed by atoms with Gasteiger partial charge in [-0.2, -0.15) is 5.90 Å². The number of alkyl carbamates (subject to hydrolysis) is 1. The Morgan fingerprint density at radius 2 is 1.81 bits per heavy atom. The van der Waals surface area contributed by atoms with Crippen LogP contribution in [0.1, 0.15) is 56.9 Å². The van der Waals surface area contributed by atoms with Gasteiger partial charge in [0, 0.05) is 13.0 Å². The molecule has 4 N–H and O–H groups in total. The van der Waals surface area contributed by atoms with Gasteiger partial charge in [0.25, 0.3) is 5.91 Å². The number of nitrogens with one attached hydrogen (secondary N) is 2. The molecular formula is C26H34F2N4O5. The number of nitrogens with two attached hydrogens (primary N) is 1. The van der Waals surface area contributed by atoms with Crippen molar-refractivity contribution < 1.29 is 32.7 Å². The van der Waals surface area contributed by atoms with Gasteiger partial charge in [-0.05, 0) is 49.7 Å². The fourth-order valence-corrected chi connectivity index (χ4v) is 4.61. The highest BCUT2D eigenvalue weighted by molar-refractivity contribution is 6.00. The highest BCUT2D eigenvalue weighted by Crippen LogP contribution is 2.28. The predicted molar refractivity (Wildman–Crippen MR) is 132 cm³/mol. The Labute approximate surface area is 215 Å². The van der Waals surface area contributed by atoms with E-state index in [-0.39, 0.29) is 24.6 Å². The van der Waals surface area contributed by atoms with Crippen LogP contribution in [-0.2, 0) is 25.8 Å². The molecule has 0 radical (unpaired) electrons. The van der Waals surface area contributed by atoms with Crippen molar-refractivity contribution in [2.45, 2.75) is 76.5 Å². The van der Waals surface area contributed by atoms with Crippen molar-refractivity contribution in [3.63, 3.8) is 0 Å². The fraction of sp³-hybridized carbons (Fsp3) is 0.500. The topological polar surface area (TPSA) is 123 Å². The van der Waals surface area contributed by atoms with Gasteiger partial charge in [-0.25, -0.2) is 13.6 Å². The van der Waals surface area contributed by atoms with Crippen LogP contribution in [0.5, 0.6) is 0 Å². The molecule has 2 aliphatic rings. The van der Waals surface area contributed by atoms with Gasteiger partial charge < -0.3 is 19.8 Å². The van der Waals surface area contributed by atoms with Gasteiger partial charge in [-0.3, -0.25) is 14.9 Å². The highest BCUT2D eigenvalue weighted by atomic mass is 19.3. The number of allylic oxidation sites excluding steroid dienone is 1. The predicted octanol–water partition coefficient (Wildman–Crippen LogP) is 3.67. The minimum absolute atomic E-state index is 0.0385. The summed E-state index contributed by atoms with van der Waals surface area (Å²) in [6.45, 7) is 3.80. The quantitative estimate of drug-likeness (QED) is 0.246. The molecule has 2 atom stereocenters. The number of ether oxygens (including phenoxy) is 1. The van der Waals surface area contributed by atoms with Gasteiger partial charge in [-0.15, -0.1) is 0 Å². The van der Waals surface area contributed by atoms with Crippen LogP contribution in [0.2, 0.25) is 0 Å². The molecule has 202 valence electrons. The fourth-order valence-electron chi connectivity index (χ4n) is 4.61. The van der Waals surface area contributed by atoms with Gasteiger partial charge in [0.2, 0.25) is 12.3 Å². The number of likely N-dealkylation sites (tertiary alicyclic amines) is 1. The molecule has 1 aromatic carbocycles. The van der Waals surface area contributed by atoms with Crippen molar-refractivity contribution in [1.29, 1.82) is 0 Å². The lowest BCUT2D eigenvalue weighted by atomic mass is 9.93. The molecule has 37 heavy (non-hydrogen) atoms. The maximum Gasteiger partial charge on any atom is 0.412 e. The van der Waals surface area contributed by atoms with E-state index in [1.165, 1.54) is 4.90 Å². The Morgan fingerprint density at radius 1 is 1.11 bits per heavy atom. The minimum Gasteiger partial charge on any atom is -0.444 e. The Hall–Kier alpha value is -3.47. The lowest BCUT2D eigenvalue weighted by Gasteiger charge is -2.29. The molecule has 1 saturated heterocycles. The molecule has 0 unspecified atom stereocenters. The Balaban J connectivity index is 1.74. The van der Waals surface area contributed by atoms with Crippen molar-refractivity contribution in [2.24, 2.45) is 5.90 Å².